The number of carboxylic acid groups (broad SMARTS) is 1. The maximum atomic E-state index is 12.3. The fourth-order valence-electron chi connectivity index (χ4n) is 1.87. The molecule has 0 fully saturated rings. The van der Waals surface area contributed by atoms with Crippen LogP contribution in [0.5, 0.6) is 0 Å². The number of nitrogens with zero attached hydrogens (tertiary/aromatic N) is 2. The van der Waals surface area contributed by atoms with Crippen LogP contribution in [0.1, 0.15) is 10.5 Å². The number of furan rings is 1. The summed E-state index contributed by atoms with van der Waals surface area (Å²) < 4.78 is 8.80. The maximum Gasteiger partial charge on any atom is 0.409 e. The Morgan fingerprint density at radius 3 is 2.39 bits per heavy atom. The summed E-state index contributed by atoms with van der Waals surface area (Å²) in [6.45, 7) is 0. The number of hydrogen-bond acceptors (Lipinski definition) is 6. The molecule has 0 aliphatic rings. The summed E-state index contributed by atoms with van der Waals surface area (Å²) in [5, 5.41) is 17.4. The summed E-state index contributed by atoms with van der Waals surface area (Å²) in [5.41, 5.74) is 1.84. The van der Waals surface area contributed by atoms with E-state index in [1.54, 1.807) is 30.3 Å². The molecule has 3 N–H and O–H groups in total. The lowest BCUT2D eigenvalue weighted by molar-refractivity contribution is 0.102. The average molecular weight is 330 g/mol. The second kappa shape index (κ2) is 6.28. The van der Waals surface area contributed by atoms with Gasteiger partial charge in [-0.2, -0.15) is 0 Å². The van der Waals surface area contributed by atoms with E-state index >= 15 is 0 Å². The monoisotopic (exact) mass is 330 g/mol. The largest absolute Gasteiger partial charge is 0.472 e. The van der Waals surface area contributed by atoms with Gasteiger partial charge in [-0.15, -0.1) is 5.10 Å². The van der Waals surface area contributed by atoms with Gasteiger partial charge < -0.3 is 14.8 Å². The molecule has 0 atom stereocenters. The lowest BCUT2D eigenvalue weighted by Gasteiger charge is -2.05. The minimum Gasteiger partial charge on any atom is -0.472 e. The SMILES string of the molecule is O=C(O)Nc1ccc(NC(=O)c2nnsc2-c2ccoc2)cc1. The van der Waals surface area contributed by atoms with E-state index in [1.807, 2.05) is 0 Å². The van der Waals surface area contributed by atoms with E-state index in [0.29, 0.717) is 16.3 Å². The van der Waals surface area contributed by atoms with E-state index in [0.717, 1.165) is 17.1 Å². The zero-order chi connectivity index (χ0) is 16.2. The molecule has 3 aromatic rings. The third-order valence-corrected chi connectivity index (χ3v) is 3.66. The lowest BCUT2D eigenvalue weighted by Crippen LogP contribution is -2.13. The molecule has 0 bridgehead atoms. The van der Waals surface area contributed by atoms with Gasteiger partial charge >= 0.3 is 6.09 Å². The number of rotatable bonds is 4. The minimum absolute atomic E-state index is 0.198. The molecule has 1 aromatic carbocycles. The number of carbonyl (C=O) groups excluding carboxylic acids is 1. The van der Waals surface area contributed by atoms with Crippen molar-refractivity contribution in [3.63, 3.8) is 0 Å². The average Bonchev–Trinajstić information content (AvgIpc) is 3.19. The smallest absolute Gasteiger partial charge is 0.409 e. The Bertz CT molecular complexity index is 827. The van der Waals surface area contributed by atoms with E-state index in [-0.39, 0.29) is 5.69 Å². The van der Waals surface area contributed by atoms with Crippen molar-refractivity contribution in [3.05, 3.63) is 48.6 Å². The van der Waals surface area contributed by atoms with Crippen LogP contribution in [0.15, 0.2) is 47.3 Å². The van der Waals surface area contributed by atoms with Crippen LogP contribution in [-0.2, 0) is 0 Å². The molecule has 0 saturated heterocycles. The Kier molecular flexibility index (Phi) is 4.02. The van der Waals surface area contributed by atoms with Crippen LogP contribution in [0.3, 0.4) is 0 Å². The molecule has 0 unspecified atom stereocenters. The fraction of sp³-hybridized carbons (Fsp3) is 0. The van der Waals surface area contributed by atoms with E-state index in [9.17, 15) is 9.59 Å². The first-order valence-corrected chi connectivity index (χ1v) is 7.17. The Labute approximate surface area is 133 Å². The predicted octanol–water partition coefficient (Wildman–Crippen LogP) is 3.14. The molecule has 8 nitrogen and oxygen atoms in total. The molecule has 0 saturated carbocycles. The van der Waals surface area contributed by atoms with E-state index in [1.165, 1.54) is 12.5 Å². The Hall–Kier alpha value is -3.20. The first-order valence-electron chi connectivity index (χ1n) is 6.40. The molecule has 23 heavy (non-hydrogen) atoms. The van der Waals surface area contributed by atoms with Crippen molar-refractivity contribution >= 4 is 34.9 Å². The predicted molar refractivity (Wildman–Crippen MR) is 83.7 cm³/mol. The van der Waals surface area contributed by atoms with Crippen molar-refractivity contribution in [1.29, 1.82) is 0 Å². The van der Waals surface area contributed by atoms with E-state index in [2.05, 4.69) is 20.2 Å². The van der Waals surface area contributed by atoms with Gasteiger partial charge in [-0.3, -0.25) is 10.1 Å². The maximum absolute atomic E-state index is 12.3. The highest BCUT2D eigenvalue weighted by Gasteiger charge is 2.18. The van der Waals surface area contributed by atoms with Gasteiger partial charge in [-0.05, 0) is 41.9 Å². The molecular formula is C14H10N4O4S. The molecule has 0 spiro atoms. The van der Waals surface area contributed by atoms with Crippen LogP contribution in [-0.4, -0.2) is 26.7 Å². The fourth-order valence-corrected chi connectivity index (χ4v) is 2.52. The first kappa shape index (κ1) is 14.7. The summed E-state index contributed by atoms with van der Waals surface area (Å²) in [6, 6.07) is 7.97. The summed E-state index contributed by atoms with van der Waals surface area (Å²) in [5.74, 6) is -0.408. The second-order valence-corrected chi connectivity index (χ2v) is 5.18. The van der Waals surface area contributed by atoms with Gasteiger partial charge in [0.1, 0.15) is 0 Å². The van der Waals surface area contributed by atoms with E-state index in [4.69, 9.17) is 9.52 Å². The highest BCUT2D eigenvalue weighted by Crippen LogP contribution is 2.27. The second-order valence-electron chi connectivity index (χ2n) is 4.42. The topological polar surface area (TPSA) is 117 Å². The van der Waals surface area contributed by atoms with Gasteiger partial charge in [-0.1, -0.05) is 4.49 Å². The summed E-state index contributed by atoms with van der Waals surface area (Å²) >= 11 is 1.10. The third-order valence-electron chi connectivity index (χ3n) is 2.88. The van der Waals surface area contributed by atoms with Crippen LogP contribution >= 0.6 is 11.5 Å². The standard InChI is InChI=1S/C14H10N4O4S/c19-13(11-12(23-18-17-11)8-5-6-22-7-8)15-9-1-3-10(4-2-9)16-14(20)21/h1-7,16H,(H,15,19)(H,20,21). The normalized spacial score (nSPS) is 10.3. The number of aromatic nitrogens is 2. The molecule has 0 aliphatic heterocycles. The summed E-state index contributed by atoms with van der Waals surface area (Å²) in [6.07, 6.45) is 1.86. The van der Waals surface area contributed by atoms with Crippen LogP contribution < -0.4 is 10.6 Å². The van der Waals surface area contributed by atoms with E-state index < -0.39 is 12.0 Å². The quantitative estimate of drug-likeness (QED) is 0.676. The molecule has 2 amide bonds. The molecule has 0 radical (unpaired) electrons. The number of nitrogens with one attached hydrogen (secondary N) is 2. The molecule has 2 aromatic heterocycles. The van der Waals surface area contributed by atoms with Crippen LogP contribution in [0.4, 0.5) is 16.2 Å². The van der Waals surface area contributed by atoms with Crippen LogP contribution in [0.25, 0.3) is 10.4 Å². The van der Waals surface area contributed by atoms with Gasteiger partial charge in [-0.25, -0.2) is 4.79 Å². The molecule has 116 valence electrons. The minimum atomic E-state index is -1.15. The number of hydrogen-bond donors (Lipinski definition) is 3. The van der Waals surface area contributed by atoms with Crippen molar-refractivity contribution in [1.82, 2.24) is 9.59 Å². The van der Waals surface area contributed by atoms with Crippen molar-refractivity contribution in [2.75, 3.05) is 10.6 Å². The number of anilines is 2. The van der Waals surface area contributed by atoms with Gasteiger partial charge in [0, 0.05) is 16.9 Å². The molecule has 9 heteroatoms. The molecule has 0 aliphatic carbocycles. The molecule has 3 rings (SSSR count). The van der Waals surface area contributed by atoms with Gasteiger partial charge in [0.25, 0.3) is 5.91 Å². The summed E-state index contributed by atoms with van der Waals surface area (Å²) in [4.78, 5) is 23.5. The van der Waals surface area contributed by atoms with Gasteiger partial charge in [0.05, 0.1) is 17.4 Å². The van der Waals surface area contributed by atoms with Gasteiger partial charge in [0.15, 0.2) is 5.69 Å². The number of carbonyl (C=O) groups is 2. The lowest BCUT2D eigenvalue weighted by atomic mass is 10.2. The van der Waals surface area contributed by atoms with Crippen molar-refractivity contribution in [2.24, 2.45) is 0 Å². The van der Waals surface area contributed by atoms with Crippen molar-refractivity contribution in [3.8, 4) is 10.4 Å². The zero-order valence-corrected chi connectivity index (χ0v) is 12.3. The summed E-state index contributed by atoms with van der Waals surface area (Å²) in [7, 11) is 0. The molecule has 2 heterocycles. The highest BCUT2D eigenvalue weighted by atomic mass is 32.1. The van der Waals surface area contributed by atoms with Crippen LogP contribution in [0.2, 0.25) is 0 Å². The van der Waals surface area contributed by atoms with Crippen LogP contribution in [0, 0.1) is 0 Å². The third kappa shape index (κ3) is 3.35. The molecular weight excluding hydrogens is 320 g/mol. The first-order chi connectivity index (χ1) is 11.1. The van der Waals surface area contributed by atoms with Crippen molar-refractivity contribution in [2.45, 2.75) is 0 Å². The number of amides is 2. The highest BCUT2D eigenvalue weighted by molar-refractivity contribution is 7.09. The Balaban J connectivity index is 1.75. The Morgan fingerprint density at radius 2 is 1.78 bits per heavy atom. The Morgan fingerprint density at radius 1 is 1.09 bits per heavy atom. The van der Waals surface area contributed by atoms with Crippen molar-refractivity contribution < 1.29 is 19.1 Å². The number of benzene rings is 1. The van der Waals surface area contributed by atoms with Gasteiger partial charge in [0.2, 0.25) is 0 Å². The zero-order valence-electron chi connectivity index (χ0n) is 11.5.